The van der Waals surface area contributed by atoms with Crippen LogP contribution < -0.4 is 11.1 Å². The molecule has 1 fully saturated rings. The molecule has 17 heteroatoms. The van der Waals surface area contributed by atoms with Gasteiger partial charge in [0.1, 0.15) is 28.9 Å². The molecule has 2 aromatic rings. The summed E-state index contributed by atoms with van der Waals surface area (Å²) in [6.45, 7) is 0. The monoisotopic (exact) mass is 563 g/mol. The van der Waals surface area contributed by atoms with Gasteiger partial charge >= 0.3 is 5.97 Å². The molecule has 1 aliphatic carbocycles. The van der Waals surface area contributed by atoms with Crippen LogP contribution in [-0.2, 0) is 19.2 Å². The van der Waals surface area contributed by atoms with Gasteiger partial charge in [0.25, 0.3) is 11.8 Å². The number of nitrogens with two attached hydrogens (primary N) is 1. The molecule has 0 radical (unpaired) electrons. The van der Waals surface area contributed by atoms with Crippen molar-refractivity contribution in [3.05, 3.63) is 34.5 Å². The average Bonchev–Trinajstić information content (AvgIpc) is 3.58. The first-order valence-electron chi connectivity index (χ1n) is 11.1. The Balaban J connectivity index is 1.31. The Kier molecular flexibility index (Phi) is 7.43. The number of anilines is 1. The van der Waals surface area contributed by atoms with Gasteiger partial charge in [-0.05, 0) is 36.1 Å². The zero-order chi connectivity index (χ0) is 25.9. The number of rotatable bonds is 9. The number of nitrogens with one attached hydrogen (secondary N) is 2. The lowest BCUT2D eigenvalue weighted by Crippen LogP contribution is -2.71. The van der Waals surface area contributed by atoms with Crippen molar-refractivity contribution in [1.82, 2.24) is 35.8 Å². The lowest BCUT2D eigenvalue weighted by molar-refractivity contribution is -0.150. The van der Waals surface area contributed by atoms with Gasteiger partial charge in [-0.2, -0.15) is 5.21 Å². The number of H-pyrrole nitrogens is 1. The number of allylic oxidation sites excluding steroid dienone is 1. The number of fused-ring (bicyclic) bond motifs is 1. The van der Waals surface area contributed by atoms with E-state index in [1.807, 2.05) is 12.2 Å². The molecule has 5 N–H and O–H groups in total. The Morgan fingerprint density at radius 3 is 2.97 bits per heavy atom. The number of aliphatic carboxylic acids is 1. The zero-order valence-electron chi connectivity index (χ0n) is 19.1. The van der Waals surface area contributed by atoms with Crippen LogP contribution in [0.1, 0.15) is 25.0 Å². The van der Waals surface area contributed by atoms with Crippen molar-refractivity contribution in [1.29, 1.82) is 0 Å². The maximum Gasteiger partial charge on any atom is 0.352 e. The second-order valence-electron chi connectivity index (χ2n) is 8.12. The van der Waals surface area contributed by atoms with Crippen LogP contribution in [0, 0.1) is 0 Å². The van der Waals surface area contributed by atoms with Crippen molar-refractivity contribution < 1.29 is 24.3 Å². The number of tetrazole rings is 1. The molecule has 2 aromatic heterocycles. The number of β-lactam (4-membered cyclic amide) rings is 1. The van der Waals surface area contributed by atoms with Crippen molar-refractivity contribution in [3.63, 3.8) is 0 Å². The van der Waals surface area contributed by atoms with E-state index in [1.54, 1.807) is 5.38 Å². The van der Waals surface area contributed by atoms with Crippen molar-refractivity contribution in [3.8, 4) is 0 Å². The van der Waals surface area contributed by atoms with Gasteiger partial charge in [0.15, 0.2) is 10.8 Å². The fourth-order valence-electron chi connectivity index (χ4n) is 3.96. The molecule has 0 saturated carbocycles. The quantitative estimate of drug-likeness (QED) is 0.109. The first-order valence-corrected chi connectivity index (χ1v) is 14.0. The summed E-state index contributed by atoms with van der Waals surface area (Å²) >= 11 is 3.71. The first kappa shape index (κ1) is 25.2. The normalized spacial score (nSPS) is 23.5. The van der Waals surface area contributed by atoms with Crippen molar-refractivity contribution in [2.45, 2.75) is 41.9 Å². The third-order valence-corrected chi connectivity index (χ3v) is 8.64. The van der Waals surface area contributed by atoms with E-state index < -0.39 is 29.2 Å². The highest BCUT2D eigenvalue weighted by molar-refractivity contribution is 8.01. The van der Waals surface area contributed by atoms with Crippen LogP contribution in [0.3, 0.4) is 0 Å². The van der Waals surface area contributed by atoms with Gasteiger partial charge in [0, 0.05) is 16.9 Å². The van der Waals surface area contributed by atoms with E-state index in [9.17, 15) is 19.5 Å². The predicted molar refractivity (Wildman–Crippen MR) is 136 cm³/mol. The van der Waals surface area contributed by atoms with Gasteiger partial charge in [0.05, 0.1) is 0 Å². The van der Waals surface area contributed by atoms with Crippen molar-refractivity contribution in [2.24, 2.45) is 5.16 Å². The van der Waals surface area contributed by atoms with Gasteiger partial charge in [-0.25, -0.2) is 9.78 Å². The molecule has 3 atom stereocenters. The fraction of sp³-hybridized carbons (Fsp3) is 0.400. The van der Waals surface area contributed by atoms with E-state index in [-0.39, 0.29) is 34.1 Å². The molecule has 5 rings (SSSR count). The van der Waals surface area contributed by atoms with E-state index in [4.69, 9.17) is 10.6 Å². The number of thiazole rings is 1. The Labute approximate surface area is 222 Å². The Morgan fingerprint density at radius 2 is 2.30 bits per heavy atom. The number of hydrogen-bond acceptors (Lipinski definition) is 13. The van der Waals surface area contributed by atoms with Crippen LogP contribution in [0.15, 0.2) is 39.1 Å². The Hall–Kier alpha value is -3.44. The minimum absolute atomic E-state index is 0.0937. The third-order valence-electron chi connectivity index (χ3n) is 5.71. The summed E-state index contributed by atoms with van der Waals surface area (Å²) in [6, 6.07) is -0.936. The number of hydrogen-bond donors (Lipinski definition) is 4. The van der Waals surface area contributed by atoms with Gasteiger partial charge in [-0.3, -0.25) is 14.5 Å². The van der Waals surface area contributed by atoms with E-state index >= 15 is 0 Å². The summed E-state index contributed by atoms with van der Waals surface area (Å²) < 4.78 is 0. The van der Waals surface area contributed by atoms with Crippen molar-refractivity contribution in [2.75, 3.05) is 17.2 Å². The average molecular weight is 564 g/mol. The van der Waals surface area contributed by atoms with Gasteiger partial charge < -0.3 is 21.0 Å². The lowest BCUT2D eigenvalue weighted by atomic mass is 10.0. The Morgan fingerprint density at radius 1 is 1.43 bits per heavy atom. The molecule has 2 unspecified atom stereocenters. The molecule has 1 saturated heterocycles. The zero-order valence-corrected chi connectivity index (χ0v) is 21.5. The number of nitrogen functional groups attached to an aromatic ring is 1. The maximum atomic E-state index is 13.2. The number of thioether (sulfide) groups is 2. The summed E-state index contributed by atoms with van der Waals surface area (Å²) in [6.07, 6.45) is 6.29. The molecular weight excluding hydrogens is 542 g/mol. The fourth-order valence-corrected chi connectivity index (χ4v) is 6.73. The topological polar surface area (TPSA) is 202 Å². The first-order chi connectivity index (χ1) is 17.9. The number of amides is 2. The van der Waals surface area contributed by atoms with Crippen LogP contribution in [0.25, 0.3) is 0 Å². The number of carboxylic acids is 1. The number of nitrogens with zero attached hydrogens (tertiary/aromatic N) is 6. The van der Waals surface area contributed by atoms with E-state index in [0.29, 0.717) is 16.5 Å². The molecule has 0 bridgehead atoms. The van der Waals surface area contributed by atoms with Crippen LogP contribution in [0.4, 0.5) is 5.13 Å². The molecule has 194 valence electrons. The lowest BCUT2D eigenvalue weighted by Gasteiger charge is -2.49. The van der Waals surface area contributed by atoms with Crippen LogP contribution in [0.2, 0.25) is 0 Å². The second-order valence-corrected chi connectivity index (χ2v) is 11.1. The second kappa shape index (κ2) is 10.9. The molecule has 0 spiro atoms. The highest BCUT2D eigenvalue weighted by Gasteiger charge is 2.54. The number of carbonyl (C=O) groups is 3. The Bertz CT molecular complexity index is 1290. The molecule has 37 heavy (non-hydrogen) atoms. The number of carboxylic acid groups (broad SMARTS) is 1. The minimum atomic E-state index is -1.22. The van der Waals surface area contributed by atoms with Crippen LogP contribution in [0.5, 0.6) is 0 Å². The van der Waals surface area contributed by atoms with E-state index in [1.165, 1.54) is 28.4 Å². The van der Waals surface area contributed by atoms with E-state index in [2.05, 4.69) is 36.1 Å². The van der Waals surface area contributed by atoms with Gasteiger partial charge in [0.2, 0.25) is 5.16 Å². The molecule has 14 nitrogen and oxygen atoms in total. The molecule has 2 amide bonds. The maximum absolute atomic E-state index is 13.2. The summed E-state index contributed by atoms with van der Waals surface area (Å²) in [7, 11) is 0. The highest BCUT2D eigenvalue weighted by atomic mass is 32.2. The number of aromatic amines is 1. The smallest absolute Gasteiger partial charge is 0.352 e. The molecular formula is C20H21N9O5S3. The SMILES string of the molecule is Nc1nc(C(=NOC2C=CCCC2)C(=O)NC2C(=O)N3C(C(=O)O)=C(CSc4nn[nH]n4)CS[C@H]23)cs1. The number of oxime groups is 1. The molecule has 4 heterocycles. The van der Waals surface area contributed by atoms with Crippen molar-refractivity contribution >= 4 is 63.5 Å². The largest absolute Gasteiger partial charge is 0.477 e. The molecule has 3 aliphatic rings. The molecule has 2 aliphatic heterocycles. The van der Waals surface area contributed by atoms with Gasteiger partial charge in [-0.1, -0.05) is 23.0 Å². The predicted octanol–water partition coefficient (Wildman–Crippen LogP) is 0.599. The van der Waals surface area contributed by atoms with E-state index in [0.717, 1.165) is 30.6 Å². The number of carbonyl (C=O) groups excluding carboxylic acids is 2. The van der Waals surface area contributed by atoms with Crippen LogP contribution in [-0.4, -0.2) is 88.1 Å². The standard InChI is InChI=1S/C20H21N9O5S3/c21-19-22-11(8-36-19)12(26-34-10-4-2-1-3-5-10)15(30)23-13-16(31)29-14(18(32)33)9(6-35-17(13)29)7-37-20-24-27-28-25-20/h2,4,8,10,13,17H,1,3,5-7H2,(H2,21,22)(H,23,30)(H,32,33)(H,24,25,27,28)/t10?,13?,17-/m1/s1. The highest BCUT2D eigenvalue weighted by Crippen LogP contribution is 2.41. The summed E-state index contributed by atoms with van der Waals surface area (Å²) in [5, 5.41) is 31.7. The molecule has 0 aromatic carbocycles. The van der Waals surface area contributed by atoms with Crippen LogP contribution >= 0.6 is 34.9 Å². The summed E-state index contributed by atoms with van der Waals surface area (Å²) in [4.78, 5) is 49.2. The summed E-state index contributed by atoms with van der Waals surface area (Å²) in [5.41, 5.74) is 6.32. The summed E-state index contributed by atoms with van der Waals surface area (Å²) in [5.74, 6) is -1.78. The van der Waals surface area contributed by atoms with Gasteiger partial charge in [-0.15, -0.1) is 33.3 Å². The number of aromatic nitrogens is 5. The third kappa shape index (κ3) is 5.33. The minimum Gasteiger partial charge on any atom is -0.477 e.